The molecule has 3 aromatic carbocycles. The Labute approximate surface area is 188 Å². The van der Waals surface area contributed by atoms with E-state index in [2.05, 4.69) is 10.5 Å². The molecular formula is C24H25N3O4S. The van der Waals surface area contributed by atoms with Gasteiger partial charge in [-0.2, -0.15) is 5.10 Å². The molecule has 1 amide bonds. The second kappa shape index (κ2) is 9.65. The second-order valence-corrected chi connectivity index (χ2v) is 9.40. The average Bonchev–Trinajstić information content (AvgIpc) is 2.75. The number of hydrazone groups is 1. The highest BCUT2D eigenvalue weighted by atomic mass is 32.2. The zero-order valence-electron chi connectivity index (χ0n) is 18.1. The van der Waals surface area contributed by atoms with Crippen LogP contribution in [-0.2, 0) is 16.6 Å². The molecule has 8 heteroatoms. The summed E-state index contributed by atoms with van der Waals surface area (Å²) in [6.45, 7) is 4.06. The molecule has 0 saturated carbocycles. The lowest BCUT2D eigenvalue weighted by Gasteiger charge is -2.23. The summed E-state index contributed by atoms with van der Waals surface area (Å²) in [5.41, 5.74) is 6.69. The maximum Gasteiger partial charge on any atom is 0.271 e. The number of phenolic OH excluding ortho intramolecular Hbond substituents is 1. The Morgan fingerprint density at radius 2 is 1.72 bits per heavy atom. The highest BCUT2D eigenvalue weighted by molar-refractivity contribution is 7.92. The van der Waals surface area contributed by atoms with E-state index in [-0.39, 0.29) is 12.3 Å². The predicted octanol–water partition coefficient (Wildman–Crippen LogP) is 3.74. The SMILES string of the molecule is Cc1ccc(N(Cc2ccc(C(=O)N/N=C/c3ccccc3O)cc2)S(C)(=O)=O)cc1C. The number of aromatic hydroxyl groups is 1. The van der Waals surface area contributed by atoms with Gasteiger partial charge in [0.15, 0.2) is 0 Å². The van der Waals surface area contributed by atoms with Crippen molar-refractivity contribution in [2.45, 2.75) is 20.4 Å². The fourth-order valence-electron chi connectivity index (χ4n) is 3.03. The highest BCUT2D eigenvalue weighted by Crippen LogP contribution is 2.23. The number of para-hydroxylation sites is 1. The smallest absolute Gasteiger partial charge is 0.271 e. The number of benzene rings is 3. The van der Waals surface area contributed by atoms with Crippen LogP contribution in [0.25, 0.3) is 0 Å². The number of nitrogens with one attached hydrogen (secondary N) is 1. The quantitative estimate of drug-likeness (QED) is 0.422. The van der Waals surface area contributed by atoms with Crippen molar-refractivity contribution < 1.29 is 18.3 Å². The molecule has 0 bridgehead atoms. The number of anilines is 1. The molecule has 0 unspecified atom stereocenters. The fraction of sp³-hybridized carbons (Fsp3) is 0.167. The molecule has 0 aromatic heterocycles. The second-order valence-electron chi connectivity index (χ2n) is 7.49. The van der Waals surface area contributed by atoms with Crippen molar-refractivity contribution in [3.63, 3.8) is 0 Å². The summed E-state index contributed by atoms with van der Waals surface area (Å²) in [6, 6.07) is 18.8. The molecule has 0 aliphatic rings. The number of aryl methyl sites for hydroxylation is 2. The number of nitrogens with zero attached hydrogens (tertiary/aromatic N) is 2. The van der Waals surface area contributed by atoms with Crippen molar-refractivity contribution >= 4 is 27.8 Å². The van der Waals surface area contributed by atoms with Gasteiger partial charge in [0.05, 0.1) is 24.7 Å². The fourth-order valence-corrected chi connectivity index (χ4v) is 3.91. The summed E-state index contributed by atoms with van der Waals surface area (Å²) in [5, 5.41) is 13.6. The van der Waals surface area contributed by atoms with Crippen LogP contribution in [0, 0.1) is 13.8 Å². The Morgan fingerprint density at radius 1 is 1.03 bits per heavy atom. The number of phenols is 1. The normalized spacial score (nSPS) is 11.5. The summed E-state index contributed by atoms with van der Waals surface area (Å²) in [7, 11) is -3.50. The molecule has 2 N–H and O–H groups in total. The first-order valence-corrected chi connectivity index (χ1v) is 11.8. The van der Waals surface area contributed by atoms with Crippen molar-refractivity contribution in [2.24, 2.45) is 5.10 Å². The maximum atomic E-state index is 12.4. The predicted molar refractivity (Wildman–Crippen MR) is 127 cm³/mol. The van der Waals surface area contributed by atoms with E-state index in [0.29, 0.717) is 16.8 Å². The topological polar surface area (TPSA) is 99.1 Å². The summed E-state index contributed by atoms with van der Waals surface area (Å²) in [4.78, 5) is 12.3. The van der Waals surface area contributed by atoms with Crippen molar-refractivity contribution in [1.82, 2.24) is 5.43 Å². The molecular weight excluding hydrogens is 426 g/mol. The Hall–Kier alpha value is -3.65. The van der Waals surface area contributed by atoms with Crippen LogP contribution in [0.1, 0.15) is 32.6 Å². The van der Waals surface area contributed by atoms with E-state index in [1.807, 2.05) is 26.0 Å². The Kier molecular flexibility index (Phi) is 6.95. The molecule has 0 aliphatic carbocycles. The lowest BCUT2D eigenvalue weighted by atomic mass is 10.1. The standard InChI is InChI=1S/C24H25N3O4S/c1-17-8-13-22(14-18(17)2)27(32(3,30)31)16-19-9-11-20(12-10-19)24(29)26-25-15-21-6-4-5-7-23(21)28/h4-15,28H,16H2,1-3H3,(H,26,29)/b25-15+. The monoisotopic (exact) mass is 451 g/mol. The first-order valence-electron chi connectivity index (χ1n) is 9.90. The van der Waals surface area contributed by atoms with Crippen LogP contribution >= 0.6 is 0 Å². The number of hydrogen-bond acceptors (Lipinski definition) is 5. The van der Waals surface area contributed by atoms with Crippen LogP contribution in [0.2, 0.25) is 0 Å². The van der Waals surface area contributed by atoms with Crippen LogP contribution < -0.4 is 9.73 Å². The van der Waals surface area contributed by atoms with E-state index in [4.69, 9.17) is 0 Å². The molecule has 3 aromatic rings. The first-order chi connectivity index (χ1) is 15.1. The Bertz CT molecular complexity index is 1250. The molecule has 0 fully saturated rings. The van der Waals surface area contributed by atoms with Gasteiger partial charge in [-0.3, -0.25) is 9.10 Å². The number of amides is 1. The van der Waals surface area contributed by atoms with Crippen LogP contribution in [0.15, 0.2) is 71.8 Å². The maximum absolute atomic E-state index is 12.4. The summed E-state index contributed by atoms with van der Waals surface area (Å²) in [5.74, 6) is -0.355. The third kappa shape index (κ3) is 5.73. The van der Waals surface area contributed by atoms with Gasteiger partial charge in [-0.15, -0.1) is 0 Å². The van der Waals surface area contributed by atoms with Gasteiger partial charge in [-0.05, 0) is 66.9 Å². The zero-order valence-corrected chi connectivity index (χ0v) is 18.9. The lowest BCUT2D eigenvalue weighted by molar-refractivity contribution is 0.0955. The van der Waals surface area contributed by atoms with Gasteiger partial charge in [0.2, 0.25) is 10.0 Å². The van der Waals surface area contributed by atoms with E-state index in [9.17, 15) is 18.3 Å². The third-order valence-corrected chi connectivity index (χ3v) is 6.17. The van der Waals surface area contributed by atoms with Gasteiger partial charge >= 0.3 is 0 Å². The number of sulfonamides is 1. The van der Waals surface area contributed by atoms with Crippen LogP contribution in [0.4, 0.5) is 5.69 Å². The molecule has 0 radical (unpaired) electrons. The molecule has 0 aliphatic heterocycles. The first kappa shape index (κ1) is 23.0. The minimum atomic E-state index is -3.50. The number of rotatable bonds is 7. The van der Waals surface area contributed by atoms with Crippen LogP contribution in [0.3, 0.4) is 0 Å². The number of carbonyl (C=O) groups excluding carboxylic acids is 1. The van der Waals surface area contributed by atoms with Crippen molar-refractivity contribution in [3.8, 4) is 5.75 Å². The average molecular weight is 452 g/mol. The molecule has 3 rings (SSSR count). The highest BCUT2D eigenvalue weighted by Gasteiger charge is 2.18. The van der Waals surface area contributed by atoms with E-state index < -0.39 is 15.9 Å². The van der Waals surface area contributed by atoms with Crippen molar-refractivity contribution in [1.29, 1.82) is 0 Å². The molecule has 0 atom stereocenters. The summed E-state index contributed by atoms with van der Waals surface area (Å²) >= 11 is 0. The third-order valence-electron chi connectivity index (χ3n) is 5.03. The molecule has 0 heterocycles. The van der Waals surface area contributed by atoms with E-state index in [0.717, 1.165) is 16.7 Å². The Morgan fingerprint density at radius 3 is 2.34 bits per heavy atom. The van der Waals surface area contributed by atoms with Crippen molar-refractivity contribution in [3.05, 3.63) is 94.5 Å². The molecule has 7 nitrogen and oxygen atoms in total. The molecule has 32 heavy (non-hydrogen) atoms. The Balaban J connectivity index is 1.71. The number of hydrogen-bond donors (Lipinski definition) is 2. The molecule has 0 spiro atoms. The molecule has 166 valence electrons. The van der Waals surface area contributed by atoms with Gasteiger partial charge in [0.1, 0.15) is 5.75 Å². The lowest BCUT2D eigenvalue weighted by Crippen LogP contribution is -2.29. The number of carbonyl (C=O) groups is 1. The minimum absolute atomic E-state index is 0.0639. The largest absolute Gasteiger partial charge is 0.507 e. The van der Waals surface area contributed by atoms with Gasteiger partial charge in [-0.25, -0.2) is 13.8 Å². The van der Waals surface area contributed by atoms with E-state index in [1.165, 1.54) is 22.8 Å². The summed E-state index contributed by atoms with van der Waals surface area (Å²) < 4.78 is 26.1. The summed E-state index contributed by atoms with van der Waals surface area (Å²) in [6.07, 6.45) is 2.53. The van der Waals surface area contributed by atoms with Gasteiger partial charge in [-0.1, -0.05) is 30.3 Å². The molecule has 0 saturated heterocycles. The van der Waals surface area contributed by atoms with Gasteiger partial charge < -0.3 is 5.11 Å². The van der Waals surface area contributed by atoms with E-state index >= 15 is 0 Å². The van der Waals surface area contributed by atoms with Crippen LogP contribution in [-0.4, -0.2) is 31.9 Å². The zero-order chi connectivity index (χ0) is 23.3. The van der Waals surface area contributed by atoms with Gasteiger partial charge in [0.25, 0.3) is 5.91 Å². The minimum Gasteiger partial charge on any atom is -0.507 e. The van der Waals surface area contributed by atoms with E-state index in [1.54, 1.807) is 48.5 Å². The van der Waals surface area contributed by atoms with Crippen LogP contribution in [0.5, 0.6) is 5.75 Å². The van der Waals surface area contributed by atoms with Crippen molar-refractivity contribution in [2.75, 3.05) is 10.6 Å². The van der Waals surface area contributed by atoms with Gasteiger partial charge in [0, 0.05) is 11.1 Å².